The van der Waals surface area contributed by atoms with Crippen LogP contribution in [-0.4, -0.2) is 14.9 Å². The molecule has 3 rings (SSSR count). The Morgan fingerprint density at radius 2 is 1.81 bits per heavy atom. The van der Waals surface area contributed by atoms with Crippen LogP contribution in [0.25, 0.3) is 0 Å². The lowest BCUT2D eigenvalue weighted by Gasteiger charge is -2.10. The van der Waals surface area contributed by atoms with E-state index in [-0.39, 0.29) is 0 Å². The van der Waals surface area contributed by atoms with Gasteiger partial charge in [0.05, 0.1) is 6.54 Å². The minimum atomic E-state index is 0.488. The van der Waals surface area contributed by atoms with Crippen molar-refractivity contribution in [3.63, 3.8) is 0 Å². The van der Waals surface area contributed by atoms with E-state index in [1.807, 2.05) is 36.5 Å². The zero-order chi connectivity index (χ0) is 19.4. The second-order valence-electron chi connectivity index (χ2n) is 6.49. The number of halogens is 2. The Hall–Kier alpha value is -2.08. The van der Waals surface area contributed by atoms with E-state index in [0.717, 1.165) is 11.3 Å². The highest BCUT2D eigenvalue weighted by Gasteiger charge is 2.06. The number of rotatable bonds is 5. The number of hydrogen-bond acceptors (Lipinski definition) is 2. The molecule has 0 saturated heterocycles. The van der Waals surface area contributed by atoms with Crippen molar-refractivity contribution in [2.24, 2.45) is 0 Å². The molecule has 140 valence electrons. The predicted octanol–water partition coefficient (Wildman–Crippen LogP) is 6.17. The summed E-state index contributed by atoms with van der Waals surface area (Å²) >= 11 is 17.5. The minimum Gasteiger partial charge on any atom is -0.332 e. The van der Waals surface area contributed by atoms with Crippen molar-refractivity contribution < 1.29 is 0 Å². The van der Waals surface area contributed by atoms with E-state index in [0.29, 0.717) is 33.4 Å². The van der Waals surface area contributed by atoms with Crippen molar-refractivity contribution in [2.45, 2.75) is 26.3 Å². The molecule has 0 aliphatic rings. The topological polar surface area (TPSA) is 41.9 Å². The van der Waals surface area contributed by atoms with E-state index < -0.39 is 0 Å². The van der Waals surface area contributed by atoms with Gasteiger partial charge in [-0.15, -0.1) is 0 Å². The quantitative estimate of drug-likeness (QED) is 0.486. The van der Waals surface area contributed by atoms with Gasteiger partial charge < -0.3 is 10.6 Å². The van der Waals surface area contributed by atoms with Gasteiger partial charge in [-0.2, -0.15) is 5.10 Å². The third kappa shape index (κ3) is 5.45. The lowest BCUT2D eigenvalue weighted by molar-refractivity contribution is 0.690. The maximum atomic E-state index is 6.22. The predicted molar refractivity (Wildman–Crippen MR) is 118 cm³/mol. The zero-order valence-corrected chi connectivity index (χ0v) is 17.4. The molecule has 0 unspecified atom stereocenters. The average Bonchev–Trinajstić information content (AvgIpc) is 3.04. The summed E-state index contributed by atoms with van der Waals surface area (Å²) in [7, 11) is 0. The molecule has 0 atom stereocenters. The Balaban J connectivity index is 1.59. The molecule has 3 aromatic rings. The van der Waals surface area contributed by atoms with Crippen molar-refractivity contribution >= 4 is 52.0 Å². The van der Waals surface area contributed by atoms with Crippen molar-refractivity contribution in [2.75, 3.05) is 10.6 Å². The maximum Gasteiger partial charge on any atom is 0.176 e. The first-order chi connectivity index (χ1) is 12.9. The normalized spacial score (nSPS) is 10.9. The van der Waals surface area contributed by atoms with Gasteiger partial charge in [-0.1, -0.05) is 55.2 Å². The van der Waals surface area contributed by atoms with Gasteiger partial charge in [0.1, 0.15) is 0 Å². The van der Waals surface area contributed by atoms with Gasteiger partial charge in [-0.05, 0) is 53.5 Å². The fourth-order valence-electron chi connectivity index (χ4n) is 2.57. The molecular formula is C20H20Cl2N4S. The molecule has 0 amide bonds. The number of nitrogens with zero attached hydrogens (tertiary/aromatic N) is 2. The number of anilines is 2. The van der Waals surface area contributed by atoms with Crippen LogP contribution in [0.1, 0.15) is 30.9 Å². The lowest BCUT2D eigenvalue weighted by Crippen LogP contribution is -2.19. The highest BCUT2D eigenvalue weighted by molar-refractivity contribution is 7.80. The highest BCUT2D eigenvalue weighted by atomic mass is 35.5. The van der Waals surface area contributed by atoms with Crippen LogP contribution in [0.15, 0.2) is 54.7 Å². The molecule has 1 heterocycles. The summed E-state index contributed by atoms with van der Waals surface area (Å²) in [5.74, 6) is 1.17. The Kier molecular flexibility index (Phi) is 6.37. The van der Waals surface area contributed by atoms with E-state index in [2.05, 4.69) is 41.7 Å². The van der Waals surface area contributed by atoms with Crippen LogP contribution in [0, 0.1) is 0 Å². The SMILES string of the molecule is CC(C)c1ccc(NC(=S)Nc2ccn(Cc3ccc(Cl)cc3Cl)n2)cc1. The van der Waals surface area contributed by atoms with E-state index in [1.165, 1.54) is 5.56 Å². The van der Waals surface area contributed by atoms with E-state index >= 15 is 0 Å². The van der Waals surface area contributed by atoms with Gasteiger partial charge in [0.25, 0.3) is 0 Å². The molecule has 0 fully saturated rings. The van der Waals surface area contributed by atoms with Crippen molar-refractivity contribution in [1.29, 1.82) is 0 Å². The summed E-state index contributed by atoms with van der Waals surface area (Å²) in [6.45, 7) is 4.89. The first kappa shape index (κ1) is 19.7. The van der Waals surface area contributed by atoms with Crippen LogP contribution in [0.4, 0.5) is 11.5 Å². The summed E-state index contributed by atoms with van der Waals surface area (Å²) in [5.41, 5.74) is 3.17. The third-order valence-corrected chi connectivity index (χ3v) is 4.86. The molecule has 0 spiro atoms. The Bertz CT molecular complexity index is 935. The Morgan fingerprint density at radius 1 is 1.07 bits per heavy atom. The molecule has 4 nitrogen and oxygen atoms in total. The van der Waals surface area contributed by atoms with Gasteiger partial charge in [0.2, 0.25) is 0 Å². The summed E-state index contributed by atoms with van der Waals surface area (Å²) in [4.78, 5) is 0. The first-order valence-corrected chi connectivity index (χ1v) is 9.72. The molecule has 27 heavy (non-hydrogen) atoms. The Morgan fingerprint density at radius 3 is 2.48 bits per heavy atom. The minimum absolute atomic E-state index is 0.488. The van der Waals surface area contributed by atoms with Crippen LogP contribution in [0.2, 0.25) is 10.0 Å². The van der Waals surface area contributed by atoms with Crippen LogP contribution in [-0.2, 0) is 6.54 Å². The standard InChI is InChI=1S/C20H20Cl2N4S/c1-13(2)14-4-7-17(8-5-14)23-20(27)24-19-9-10-26(25-19)12-15-3-6-16(21)11-18(15)22/h3-11,13H,12H2,1-2H3,(H2,23,24,25,27). The number of thiocarbonyl (C=S) groups is 1. The molecule has 2 N–H and O–H groups in total. The van der Waals surface area contributed by atoms with Crippen molar-refractivity contribution in [1.82, 2.24) is 9.78 Å². The molecular weight excluding hydrogens is 399 g/mol. The first-order valence-electron chi connectivity index (χ1n) is 8.56. The van der Waals surface area contributed by atoms with E-state index in [9.17, 15) is 0 Å². The van der Waals surface area contributed by atoms with Crippen molar-refractivity contribution in [3.05, 3.63) is 75.9 Å². The molecule has 0 aliphatic heterocycles. The van der Waals surface area contributed by atoms with Gasteiger partial charge in [0, 0.05) is 28.0 Å². The summed E-state index contributed by atoms with van der Waals surface area (Å²) in [6.07, 6.45) is 1.87. The monoisotopic (exact) mass is 418 g/mol. The number of hydrogen-bond donors (Lipinski definition) is 2. The smallest absolute Gasteiger partial charge is 0.176 e. The molecule has 7 heteroatoms. The van der Waals surface area contributed by atoms with Crippen LogP contribution < -0.4 is 10.6 Å². The van der Waals surface area contributed by atoms with E-state index in [1.54, 1.807) is 10.7 Å². The van der Waals surface area contributed by atoms with Crippen LogP contribution in [0.3, 0.4) is 0 Å². The molecule has 0 saturated carbocycles. The van der Waals surface area contributed by atoms with Crippen molar-refractivity contribution in [3.8, 4) is 0 Å². The van der Waals surface area contributed by atoms with Crippen LogP contribution >= 0.6 is 35.4 Å². The number of benzene rings is 2. The second-order valence-corrected chi connectivity index (χ2v) is 7.74. The lowest BCUT2D eigenvalue weighted by atomic mass is 10.0. The largest absolute Gasteiger partial charge is 0.332 e. The highest BCUT2D eigenvalue weighted by Crippen LogP contribution is 2.22. The Labute approximate surface area is 174 Å². The maximum absolute atomic E-state index is 6.22. The zero-order valence-electron chi connectivity index (χ0n) is 15.0. The molecule has 0 bridgehead atoms. The molecule has 1 aromatic heterocycles. The molecule has 2 aromatic carbocycles. The third-order valence-electron chi connectivity index (χ3n) is 4.06. The fraction of sp³-hybridized carbons (Fsp3) is 0.200. The van der Waals surface area contributed by atoms with Gasteiger partial charge >= 0.3 is 0 Å². The summed E-state index contributed by atoms with van der Waals surface area (Å²) in [5, 5.41) is 12.5. The number of aromatic nitrogens is 2. The van der Waals surface area contributed by atoms with Gasteiger partial charge in [0.15, 0.2) is 10.9 Å². The number of nitrogens with one attached hydrogen (secondary N) is 2. The molecule has 0 radical (unpaired) electrons. The summed E-state index contributed by atoms with van der Waals surface area (Å²) < 4.78 is 1.79. The van der Waals surface area contributed by atoms with Gasteiger partial charge in [-0.3, -0.25) is 4.68 Å². The summed E-state index contributed by atoms with van der Waals surface area (Å²) in [6, 6.07) is 15.5. The van der Waals surface area contributed by atoms with Gasteiger partial charge in [-0.25, -0.2) is 0 Å². The molecule has 0 aliphatic carbocycles. The second kappa shape index (κ2) is 8.74. The fourth-order valence-corrected chi connectivity index (χ4v) is 3.26. The van der Waals surface area contributed by atoms with Crippen LogP contribution in [0.5, 0.6) is 0 Å². The average molecular weight is 419 g/mol. The van der Waals surface area contributed by atoms with E-state index in [4.69, 9.17) is 35.4 Å².